The molecular formula is C6H5Ni2O7+. The molecule has 0 aliphatic heterocycles. The molecule has 0 bridgehead atoms. The SMILES string of the molecule is O=C([O-])CC(O)(CC(=O)[O-])C(=O)[O-].[Ni+2].[Ni+2]. The maximum Gasteiger partial charge on any atom is 2.00 e. The molecule has 0 fully saturated rings. The molecule has 7 nitrogen and oxygen atoms in total. The van der Waals surface area contributed by atoms with Crippen molar-refractivity contribution in [3.63, 3.8) is 0 Å². The minimum absolute atomic E-state index is 0. The van der Waals surface area contributed by atoms with E-state index in [0.717, 1.165) is 0 Å². The third-order valence-electron chi connectivity index (χ3n) is 1.25. The minimum Gasteiger partial charge on any atom is -0.550 e. The minimum atomic E-state index is -2.97. The summed E-state index contributed by atoms with van der Waals surface area (Å²) < 4.78 is 0. The molecule has 0 atom stereocenters. The zero-order valence-electron chi connectivity index (χ0n) is 6.94. The quantitative estimate of drug-likeness (QED) is 0.500. The number of carboxylic acid groups (broad SMARTS) is 3. The standard InChI is InChI=1S/C6H8O7.2Ni/c7-3(8)1-6(13,5(11)12)2-4(9)10;;/h13H,1-2H2,(H,7,8)(H,9,10)(H,11,12);;/q;2*+2/p-3. The Bertz CT molecular complexity index is 236. The van der Waals surface area contributed by atoms with Crippen LogP contribution in [0.3, 0.4) is 0 Å². The number of aliphatic hydroxyl groups is 1. The first-order valence-corrected chi connectivity index (χ1v) is 3.11. The summed E-state index contributed by atoms with van der Waals surface area (Å²) in [5, 5.41) is 38.9. The molecule has 90 valence electrons. The first kappa shape index (κ1) is 19.9. The van der Waals surface area contributed by atoms with Crippen LogP contribution in [0.2, 0.25) is 0 Å². The van der Waals surface area contributed by atoms with Crippen molar-refractivity contribution < 1.29 is 67.8 Å². The Hall–Kier alpha value is -0.643. The first-order valence-electron chi connectivity index (χ1n) is 3.11. The Balaban J connectivity index is -0.000000720. The van der Waals surface area contributed by atoms with Crippen LogP contribution in [0, 0.1) is 0 Å². The number of rotatable bonds is 5. The van der Waals surface area contributed by atoms with Gasteiger partial charge in [0.25, 0.3) is 0 Å². The van der Waals surface area contributed by atoms with E-state index in [1.54, 1.807) is 0 Å². The van der Waals surface area contributed by atoms with Gasteiger partial charge in [-0.05, 0) is 0 Å². The van der Waals surface area contributed by atoms with Gasteiger partial charge in [0.05, 0.1) is 5.97 Å². The van der Waals surface area contributed by atoms with E-state index in [4.69, 9.17) is 5.11 Å². The van der Waals surface area contributed by atoms with Crippen LogP contribution >= 0.6 is 0 Å². The first-order chi connectivity index (χ1) is 5.78. The van der Waals surface area contributed by atoms with E-state index in [1.165, 1.54) is 0 Å². The number of hydrogen-bond acceptors (Lipinski definition) is 7. The topological polar surface area (TPSA) is 141 Å². The molecule has 0 aliphatic carbocycles. The second kappa shape index (κ2) is 7.62. The number of carboxylic acids is 3. The Morgan fingerprint density at radius 1 is 0.933 bits per heavy atom. The van der Waals surface area contributed by atoms with Crippen LogP contribution in [0.5, 0.6) is 0 Å². The molecule has 9 heteroatoms. The maximum atomic E-state index is 10.1. The molecule has 0 radical (unpaired) electrons. The van der Waals surface area contributed by atoms with Crippen LogP contribution in [-0.2, 0) is 47.4 Å². The fourth-order valence-corrected chi connectivity index (χ4v) is 0.684. The average Bonchev–Trinajstić information content (AvgIpc) is 1.82. The molecule has 0 saturated carbocycles. The maximum absolute atomic E-state index is 10.1. The van der Waals surface area contributed by atoms with Gasteiger partial charge in [-0.15, -0.1) is 0 Å². The summed E-state index contributed by atoms with van der Waals surface area (Å²) in [5.74, 6) is -5.98. The van der Waals surface area contributed by atoms with Crippen molar-refractivity contribution in [3.05, 3.63) is 0 Å². The summed E-state index contributed by atoms with van der Waals surface area (Å²) in [4.78, 5) is 30.0. The molecule has 0 spiro atoms. The molecule has 0 unspecified atom stereocenters. The van der Waals surface area contributed by atoms with E-state index in [1.807, 2.05) is 0 Å². The van der Waals surface area contributed by atoms with Gasteiger partial charge in [-0.2, -0.15) is 0 Å². The Labute approximate surface area is 104 Å². The molecule has 0 amide bonds. The van der Waals surface area contributed by atoms with Gasteiger partial charge in [0, 0.05) is 24.8 Å². The van der Waals surface area contributed by atoms with Crippen LogP contribution in [0.4, 0.5) is 0 Å². The molecule has 0 heterocycles. The van der Waals surface area contributed by atoms with Crippen molar-refractivity contribution in [2.45, 2.75) is 18.4 Å². The van der Waals surface area contributed by atoms with Crippen LogP contribution in [0.15, 0.2) is 0 Å². The third-order valence-corrected chi connectivity index (χ3v) is 1.25. The molecule has 0 aliphatic rings. The van der Waals surface area contributed by atoms with Crippen LogP contribution in [-0.4, -0.2) is 28.6 Å². The van der Waals surface area contributed by atoms with Crippen molar-refractivity contribution in [2.24, 2.45) is 0 Å². The van der Waals surface area contributed by atoms with Gasteiger partial charge in [-0.25, -0.2) is 0 Å². The van der Waals surface area contributed by atoms with Crippen molar-refractivity contribution in [1.29, 1.82) is 0 Å². The number of hydrogen-bond donors (Lipinski definition) is 1. The van der Waals surface area contributed by atoms with Crippen molar-refractivity contribution in [1.82, 2.24) is 0 Å². The van der Waals surface area contributed by atoms with Gasteiger partial charge in [0.15, 0.2) is 0 Å². The van der Waals surface area contributed by atoms with E-state index in [-0.39, 0.29) is 33.0 Å². The normalized spacial score (nSPS) is 9.40. The summed E-state index contributed by atoms with van der Waals surface area (Å²) in [6, 6.07) is 0. The summed E-state index contributed by atoms with van der Waals surface area (Å²) in [6.07, 6.45) is -2.72. The number of carbonyl (C=O) groups is 3. The molecule has 0 aromatic carbocycles. The van der Waals surface area contributed by atoms with E-state index < -0.39 is 36.4 Å². The van der Waals surface area contributed by atoms with Gasteiger partial charge in [0.2, 0.25) is 0 Å². The van der Waals surface area contributed by atoms with E-state index >= 15 is 0 Å². The van der Waals surface area contributed by atoms with Gasteiger partial charge in [-0.3, -0.25) is 0 Å². The van der Waals surface area contributed by atoms with Crippen LogP contribution < -0.4 is 15.3 Å². The van der Waals surface area contributed by atoms with Gasteiger partial charge in [0.1, 0.15) is 5.60 Å². The number of carbonyl (C=O) groups excluding carboxylic acids is 3. The van der Waals surface area contributed by atoms with Gasteiger partial charge < -0.3 is 34.8 Å². The predicted octanol–water partition coefficient (Wildman–Crippen LogP) is -5.26. The summed E-state index contributed by atoms with van der Waals surface area (Å²) in [5.41, 5.74) is -2.97. The molecular weight excluding hydrogens is 301 g/mol. The largest absolute Gasteiger partial charge is 2.00 e. The predicted molar refractivity (Wildman–Crippen MR) is 29.2 cm³/mol. The van der Waals surface area contributed by atoms with E-state index in [0.29, 0.717) is 0 Å². The second-order valence-electron chi connectivity index (χ2n) is 2.42. The van der Waals surface area contributed by atoms with Crippen molar-refractivity contribution >= 4 is 17.9 Å². The van der Waals surface area contributed by atoms with Gasteiger partial charge in [-0.1, -0.05) is 0 Å². The fourth-order valence-electron chi connectivity index (χ4n) is 0.684. The molecule has 0 aromatic rings. The Morgan fingerprint density at radius 2 is 1.20 bits per heavy atom. The Kier molecular flexibility index (Phi) is 10.1. The van der Waals surface area contributed by atoms with Crippen molar-refractivity contribution in [3.8, 4) is 0 Å². The average molecular weight is 306 g/mol. The summed E-state index contributed by atoms with van der Waals surface area (Å²) in [6.45, 7) is 0. The van der Waals surface area contributed by atoms with Crippen molar-refractivity contribution in [2.75, 3.05) is 0 Å². The smallest absolute Gasteiger partial charge is 0.550 e. The number of aliphatic carboxylic acids is 3. The Morgan fingerprint density at radius 3 is 1.33 bits per heavy atom. The molecule has 0 saturated heterocycles. The summed E-state index contributed by atoms with van der Waals surface area (Å²) in [7, 11) is 0. The van der Waals surface area contributed by atoms with Gasteiger partial charge >= 0.3 is 33.0 Å². The fraction of sp³-hybridized carbons (Fsp3) is 0.500. The second-order valence-corrected chi connectivity index (χ2v) is 2.42. The zero-order chi connectivity index (χ0) is 10.6. The zero-order valence-corrected chi connectivity index (χ0v) is 8.92. The molecule has 15 heavy (non-hydrogen) atoms. The monoisotopic (exact) mass is 305 g/mol. The molecule has 0 aromatic heterocycles. The molecule has 0 rings (SSSR count). The van der Waals surface area contributed by atoms with E-state index in [9.17, 15) is 29.7 Å². The third kappa shape index (κ3) is 7.31. The van der Waals surface area contributed by atoms with Crippen LogP contribution in [0.1, 0.15) is 12.8 Å². The van der Waals surface area contributed by atoms with Crippen LogP contribution in [0.25, 0.3) is 0 Å². The molecule has 1 N–H and O–H groups in total. The van der Waals surface area contributed by atoms with E-state index in [2.05, 4.69) is 0 Å². The summed E-state index contributed by atoms with van der Waals surface area (Å²) >= 11 is 0.